The predicted molar refractivity (Wildman–Crippen MR) is 163 cm³/mol. The smallest absolute Gasteiger partial charge is 0.326 e. The van der Waals surface area contributed by atoms with Crippen LogP contribution in [0.25, 0.3) is 10.9 Å². The van der Waals surface area contributed by atoms with E-state index < -0.39 is 45.9 Å². The molecule has 6 N–H and O–H groups in total. The van der Waals surface area contributed by atoms with Gasteiger partial charge >= 0.3 is 12.0 Å². The molecule has 3 aromatic rings. The van der Waals surface area contributed by atoms with Crippen molar-refractivity contribution in [3.63, 3.8) is 0 Å². The number of hydrogen-bond donors (Lipinski definition) is 5. The Bertz CT molecular complexity index is 1530. The van der Waals surface area contributed by atoms with E-state index in [0.29, 0.717) is 19.4 Å². The van der Waals surface area contributed by atoms with Crippen LogP contribution in [-0.4, -0.2) is 90.4 Å². The lowest BCUT2D eigenvalue weighted by Crippen LogP contribution is -2.58. The van der Waals surface area contributed by atoms with Crippen LogP contribution in [-0.2, 0) is 19.6 Å². The first kappa shape index (κ1) is 32.0. The quantitative estimate of drug-likeness (QED) is 0.195. The second-order valence-corrected chi connectivity index (χ2v) is 12.8. The Morgan fingerprint density at radius 3 is 2.33 bits per heavy atom. The lowest BCUT2D eigenvalue weighted by molar-refractivity contribution is -0.142. The SMILES string of the molecule is Cc1ccc(S(=O)(=O)N2CCN(C(=O)NC(C(=O)NC(CCCCN)C(=O)O)C(C)c3c[nH]c4ccccc34)CC2)cc1. The van der Waals surface area contributed by atoms with Crippen molar-refractivity contribution in [3.8, 4) is 0 Å². The molecule has 1 aliphatic heterocycles. The van der Waals surface area contributed by atoms with Crippen LogP contribution in [0.1, 0.15) is 43.2 Å². The minimum absolute atomic E-state index is 0.0979. The number of aliphatic carboxylic acids is 1. The van der Waals surface area contributed by atoms with Crippen molar-refractivity contribution < 1.29 is 27.9 Å². The van der Waals surface area contributed by atoms with Crippen molar-refractivity contribution in [1.82, 2.24) is 24.8 Å². The number of aromatic nitrogens is 1. The second-order valence-electron chi connectivity index (χ2n) is 10.9. The van der Waals surface area contributed by atoms with Gasteiger partial charge in [0, 0.05) is 49.2 Å². The number of benzene rings is 2. The molecule has 1 saturated heterocycles. The van der Waals surface area contributed by atoms with E-state index in [1.807, 2.05) is 31.2 Å². The number of hydrogen-bond acceptors (Lipinski definition) is 6. The Morgan fingerprint density at radius 1 is 1.00 bits per heavy atom. The fourth-order valence-corrected chi connectivity index (χ4v) is 6.72. The molecule has 1 aliphatic rings. The number of carboxylic acid groups (broad SMARTS) is 1. The van der Waals surface area contributed by atoms with E-state index in [9.17, 15) is 27.9 Å². The molecule has 0 bridgehead atoms. The maximum Gasteiger partial charge on any atom is 0.326 e. The maximum absolute atomic E-state index is 13.6. The number of unbranched alkanes of at least 4 members (excludes halogenated alkanes) is 1. The van der Waals surface area contributed by atoms with Gasteiger partial charge in [-0.05, 0) is 56.5 Å². The van der Waals surface area contributed by atoms with Crippen LogP contribution >= 0.6 is 0 Å². The van der Waals surface area contributed by atoms with Gasteiger partial charge in [0.2, 0.25) is 15.9 Å². The molecule has 4 rings (SSSR count). The molecule has 0 saturated carbocycles. The zero-order valence-corrected chi connectivity index (χ0v) is 25.3. The predicted octanol–water partition coefficient (Wildman–Crippen LogP) is 2.36. The van der Waals surface area contributed by atoms with E-state index in [4.69, 9.17) is 5.73 Å². The number of urea groups is 1. The summed E-state index contributed by atoms with van der Waals surface area (Å²) < 4.78 is 27.6. The Kier molecular flexibility index (Phi) is 10.4. The molecular weight excluding hydrogens is 572 g/mol. The average Bonchev–Trinajstić information content (AvgIpc) is 3.43. The minimum Gasteiger partial charge on any atom is -0.480 e. The Hall–Kier alpha value is -3.94. The van der Waals surface area contributed by atoms with Gasteiger partial charge in [-0.25, -0.2) is 18.0 Å². The molecule has 2 heterocycles. The van der Waals surface area contributed by atoms with Gasteiger partial charge in [0.05, 0.1) is 4.90 Å². The maximum atomic E-state index is 13.6. The number of nitrogens with zero attached hydrogens (tertiary/aromatic N) is 2. The first-order chi connectivity index (χ1) is 20.5. The number of para-hydroxylation sites is 1. The van der Waals surface area contributed by atoms with Crippen LogP contribution in [0.15, 0.2) is 59.6 Å². The highest BCUT2D eigenvalue weighted by Crippen LogP contribution is 2.28. The third-order valence-corrected chi connectivity index (χ3v) is 9.83. The molecule has 2 aromatic carbocycles. The van der Waals surface area contributed by atoms with Gasteiger partial charge in [0.1, 0.15) is 12.1 Å². The highest BCUT2D eigenvalue weighted by Gasteiger charge is 2.35. The van der Waals surface area contributed by atoms with E-state index in [1.54, 1.807) is 37.4 Å². The van der Waals surface area contributed by atoms with E-state index in [2.05, 4.69) is 15.6 Å². The summed E-state index contributed by atoms with van der Waals surface area (Å²) in [5.41, 5.74) is 8.15. The van der Waals surface area contributed by atoms with Crippen LogP contribution in [0.4, 0.5) is 4.79 Å². The normalized spacial score (nSPS) is 16.4. The number of sulfonamides is 1. The van der Waals surface area contributed by atoms with Crippen LogP contribution in [0.2, 0.25) is 0 Å². The van der Waals surface area contributed by atoms with E-state index in [0.717, 1.165) is 22.0 Å². The van der Waals surface area contributed by atoms with Gasteiger partial charge < -0.3 is 31.4 Å². The topological polar surface area (TPSA) is 178 Å². The summed E-state index contributed by atoms with van der Waals surface area (Å²) in [4.78, 5) is 43.9. The standard InChI is InChI=1S/C30H40N6O6S/c1-20-10-12-22(13-11-20)43(41,42)36-17-15-35(16-18-36)30(40)34-27(28(37)33-26(29(38)39)9-5-6-14-31)21(2)24-19-32-25-8-4-3-7-23(24)25/h3-4,7-8,10-13,19,21,26-27,32H,5-6,9,14-18,31H2,1-2H3,(H,33,37)(H,34,40)(H,38,39). The Balaban J connectivity index is 1.50. The van der Waals surface area contributed by atoms with Gasteiger partial charge in [-0.15, -0.1) is 0 Å². The van der Waals surface area contributed by atoms with E-state index >= 15 is 0 Å². The van der Waals surface area contributed by atoms with Gasteiger partial charge in [-0.1, -0.05) is 42.8 Å². The van der Waals surface area contributed by atoms with Crippen molar-refractivity contribution in [2.45, 2.75) is 56.0 Å². The number of nitrogens with one attached hydrogen (secondary N) is 3. The second kappa shape index (κ2) is 14.0. The highest BCUT2D eigenvalue weighted by atomic mass is 32.2. The summed E-state index contributed by atoms with van der Waals surface area (Å²) >= 11 is 0. The third kappa shape index (κ3) is 7.53. The van der Waals surface area contributed by atoms with E-state index in [1.165, 1.54) is 9.21 Å². The van der Waals surface area contributed by atoms with Gasteiger partial charge in [-0.2, -0.15) is 4.31 Å². The average molecular weight is 613 g/mol. The number of carbonyl (C=O) groups excluding carboxylic acids is 2. The third-order valence-electron chi connectivity index (χ3n) is 7.92. The molecule has 12 nitrogen and oxygen atoms in total. The van der Waals surface area contributed by atoms with Gasteiger partial charge in [-0.3, -0.25) is 4.79 Å². The molecule has 0 aliphatic carbocycles. The monoisotopic (exact) mass is 612 g/mol. The first-order valence-corrected chi connectivity index (χ1v) is 15.9. The van der Waals surface area contributed by atoms with Crippen molar-refractivity contribution in [2.24, 2.45) is 5.73 Å². The molecule has 0 radical (unpaired) electrons. The summed E-state index contributed by atoms with van der Waals surface area (Å²) in [6.45, 7) is 4.55. The number of H-pyrrole nitrogens is 1. The molecule has 3 atom stereocenters. The fourth-order valence-electron chi connectivity index (χ4n) is 5.29. The minimum atomic E-state index is -3.72. The molecule has 43 heavy (non-hydrogen) atoms. The van der Waals surface area contributed by atoms with Crippen molar-refractivity contribution in [3.05, 3.63) is 65.9 Å². The van der Waals surface area contributed by atoms with Crippen LogP contribution < -0.4 is 16.4 Å². The summed E-state index contributed by atoms with van der Waals surface area (Å²) in [6, 6.07) is 11.4. The molecule has 13 heteroatoms. The highest BCUT2D eigenvalue weighted by molar-refractivity contribution is 7.89. The van der Waals surface area contributed by atoms with Crippen molar-refractivity contribution in [2.75, 3.05) is 32.7 Å². The number of carbonyl (C=O) groups is 3. The number of nitrogens with two attached hydrogens (primary N) is 1. The fraction of sp³-hybridized carbons (Fsp3) is 0.433. The number of aryl methyl sites for hydroxylation is 1. The molecule has 3 unspecified atom stereocenters. The molecular formula is C30H40N6O6S. The lowest BCUT2D eigenvalue weighted by Gasteiger charge is -2.35. The summed E-state index contributed by atoms with van der Waals surface area (Å²) in [7, 11) is -3.72. The van der Waals surface area contributed by atoms with Crippen LogP contribution in [0.5, 0.6) is 0 Å². The first-order valence-electron chi connectivity index (χ1n) is 14.4. The zero-order chi connectivity index (χ0) is 31.1. The number of piperazine rings is 1. The molecule has 0 spiro atoms. The largest absolute Gasteiger partial charge is 0.480 e. The number of carboxylic acids is 1. The summed E-state index contributed by atoms with van der Waals surface area (Å²) in [5, 5.41) is 16.1. The van der Waals surface area contributed by atoms with Crippen molar-refractivity contribution in [1.29, 1.82) is 0 Å². The number of rotatable bonds is 12. The molecule has 1 aromatic heterocycles. The van der Waals surface area contributed by atoms with Crippen LogP contribution in [0.3, 0.4) is 0 Å². The van der Waals surface area contributed by atoms with E-state index in [-0.39, 0.29) is 37.5 Å². The Morgan fingerprint density at radius 2 is 1.67 bits per heavy atom. The molecule has 3 amide bonds. The number of amides is 3. The van der Waals surface area contributed by atoms with Crippen molar-refractivity contribution >= 4 is 38.8 Å². The molecule has 1 fully saturated rings. The number of aromatic amines is 1. The summed E-state index contributed by atoms with van der Waals surface area (Å²) in [5.74, 6) is -2.31. The molecule has 232 valence electrons. The van der Waals surface area contributed by atoms with Crippen LogP contribution in [0, 0.1) is 6.92 Å². The zero-order valence-electron chi connectivity index (χ0n) is 24.5. The Labute approximate surface area is 251 Å². The lowest BCUT2D eigenvalue weighted by atomic mass is 9.92. The summed E-state index contributed by atoms with van der Waals surface area (Å²) in [6.07, 6.45) is 3.14. The van der Waals surface area contributed by atoms with Gasteiger partial charge in [0.15, 0.2) is 0 Å². The van der Waals surface area contributed by atoms with Gasteiger partial charge in [0.25, 0.3) is 0 Å². The number of fused-ring (bicyclic) bond motifs is 1.